The average Bonchev–Trinajstić information content (AvgIpc) is 3.15. The van der Waals surface area contributed by atoms with Crippen molar-refractivity contribution in [1.82, 2.24) is 15.1 Å². The van der Waals surface area contributed by atoms with Gasteiger partial charge >= 0.3 is 0 Å². The van der Waals surface area contributed by atoms with Crippen LogP contribution < -0.4 is 4.74 Å². The van der Waals surface area contributed by atoms with E-state index in [-0.39, 0.29) is 11.9 Å². The number of methoxy groups -OCH3 is 1. The highest BCUT2D eigenvalue weighted by molar-refractivity contribution is 6.32. The summed E-state index contributed by atoms with van der Waals surface area (Å²) in [6.07, 6.45) is 1.72. The summed E-state index contributed by atoms with van der Waals surface area (Å²) in [5, 5.41) is 8.37. The van der Waals surface area contributed by atoms with Crippen molar-refractivity contribution in [2.75, 3.05) is 13.7 Å². The molecule has 7 heteroatoms. The SMILES string of the molecule is COc1cc(C(=O)N2CCC[C@H]2c2nnc(C)o2)ccc1Cl. The number of halogens is 1. The molecule has 0 unspecified atom stereocenters. The Balaban J connectivity index is 1.87. The summed E-state index contributed by atoms with van der Waals surface area (Å²) in [6, 6.07) is 4.84. The molecule has 1 amide bonds. The first kappa shape index (κ1) is 14.8. The minimum absolute atomic E-state index is 0.0895. The van der Waals surface area contributed by atoms with Crippen molar-refractivity contribution in [3.8, 4) is 5.75 Å². The molecule has 1 aromatic carbocycles. The molecule has 22 heavy (non-hydrogen) atoms. The molecule has 0 N–H and O–H groups in total. The zero-order valence-corrected chi connectivity index (χ0v) is 13.1. The quantitative estimate of drug-likeness (QED) is 0.869. The highest BCUT2D eigenvalue weighted by Gasteiger charge is 2.34. The smallest absolute Gasteiger partial charge is 0.254 e. The maximum atomic E-state index is 12.8. The van der Waals surface area contributed by atoms with Gasteiger partial charge in [-0.05, 0) is 31.0 Å². The number of hydrogen-bond donors (Lipinski definition) is 0. The van der Waals surface area contributed by atoms with Crippen molar-refractivity contribution in [2.24, 2.45) is 0 Å². The summed E-state index contributed by atoms with van der Waals surface area (Å²) in [5.74, 6) is 1.39. The molecule has 0 radical (unpaired) electrons. The molecule has 0 bridgehead atoms. The van der Waals surface area contributed by atoms with E-state index in [9.17, 15) is 4.79 Å². The molecule has 0 saturated carbocycles. The van der Waals surface area contributed by atoms with Crippen LogP contribution in [0.1, 0.15) is 41.0 Å². The summed E-state index contributed by atoms with van der Waals surface area (Å²) in [5.41, 5.74) is 0.532. The molecule has 1 saturated heterocycles. The van der Waals surface area contributed by atoms with Crippen LogP contribution in [0.25, 0.3) is 0 Å². The summed E-state index contributed by atoms with van der Waals surface area (Å²) in [7, 11) is 1.52. The maximum Gasteiger partial charge on any atom is 0.254 e. The number of likely N-dealkylation sites (tertiary alicyclic amines) is 1. The summed E-state index contributed by atoms with van der Waals surface area (Å²) >= 11 is 6.00. The van der Waals surface area contributed by atoms with Crippen LogP contribution in [0.5, 0.6) is 5.75 Å². The summed E-state index contributed by atoms with van der Waals surface area (Å²) in [4.78, 5) is 14.5. The number of aryl methyl sites for hydroxylation is 1. The van der Waals surface area contributed by atoms with Gasteiger partial charge < -0.3 is 14.1 Å². The highest BCUT2D eigenvalue weighted by atomic mass is 35.5. The molecule has 1 aliphatic rings. The van der Waals surface area contributed by atoms with Gasteiger partial charge in [-0.15, -0.1) is 10.2 Å². The lowest BCUT2D eigenvalue weighted by Crippen LogP contribution is -2.30. The second-order valence-electron chi connectivity index (χ2n) is 5.17. The van der Waals surface area contributed by atoms with Crippen LogP contribution in [0.15, 0.2) is 22.6 Å². The number of amides is 1. The Morgan fingerprint density at radius 3 is 2.95 bits per heavy atom. The van der Waals surface area contributed by atoms with Crippen molar-refractivity contribution in [1.29, 1.82) is 0 Å². The normalized spacial score (nSPS) is 17.8. The lowest BCUT2D eigenvalue weighted by atomic mass is 10.1. The number of nitrogens with zero attached hydrogens (tertiary/aromatic N) is 3. The summed E-state index contributed by atoms with van der Waals surface area (Å²) < 4.78 is 10.7. The predicted molar refractivity (Wildman–Crippen MR) is 80.1 cm³/mol. The van der Waals surface area contributed by atoms with Gasteiger partial charge in [-0.2, -0.15) is 0 Å². The first-order valence-electron chi connectivity index (χ1n) is 7.04. The molecule has 1 fully saturated rings. The standard InChI is InChI=1S/C15H16ClN3O3/c1-9-17-18-14(22-9)12-4-3-7-19(12)15(20)10-5-6-11(16)13(8-10)21-2/h5-6,8,12H,3-4,7H2,1-2H3/t12-/m0/s1. The Kier molecular flexibility index (Phi) is 4.02. The van der Waals surface area contributed by atoms with Crippen molar-refractivity contribution in [3.05, 3.63) is 40.6 Å². The average molecular weight is 322 g/mol. The van der Waals surface area contributed by atoms with E-state index >= 15 is 0 Å². The molecule has 0 aliphatic carbocycles. The second-order valence-corrected chi connectivity index (χ2v) is 5.57. The lowest BCUT2D eigenvalue weighted by Gasteiger charge is -2.22. The van der Waals surface area contributed by atoms with E-state index in [1.165, 1.54) is 7.11 Å². The van der Waals surface area contributed by atoms with Gasteiger partial charge in [0.2, 0.25) is 11.8 Å². The predicted octanol–water partition coefficient (Wildman–Crippen LogP) is 3.02. The first-order valence-corrected chi connectivity index (χ1v) is 7.42. The molecule has 2 heterocycles. The lowest BCUT2D eigenvalue weighted by molar-refractivity contribution is 0.0714. The third kappa shape index (κ3) is 2.66. The molecular weight excluding hydrogens is 306 g/mol. The zero-order chi connectivity index (χ0) is 15.7. The van der Waals surface area contributed by atoms with Gasteiger partial charge in [0.1, 0.15) is 11.8 Å². The maximum absolute atomic E-state index is 12.8. The third-order valence-corrected chi connectivity index (χ3v) is 4.05. The molecule has 2 aromatic rings. The van der Waals surface area contributed by atoms with Gasteiger partial charge in [-0.25, -0.2) is 0 Å². The number of rotatable bonds is 3. The molecule has 0 spiro atoms. The van der Waals surface area contributed by atoms with Gasteiger partial charge in [0, 0.05) is 19.0 Å². The molecule has 6 nitrogen and oxygen atoms in total. The van der Waals surface area contributed by atoms with Crippen LogP contribution in [0.2, 0.25) is 5.02 Å². The molecule has 3 rings (SSSR count). The Morgan fingerprint density at radius 2 is 2.27 bits per heavy atom. The fraction of sp³-hybridized carbons (Fsp3) is 0.400. The largest absolute Gasteiger partial charge is 0.495 e. The van der Waals surface area contributed by atoms with Gasteiger partial charge in [0.05, 0.1) is 12.1 Å². The summed E-state index contributed by atoms with van der Waals surface area (Å²) in [6.45, 7) is 2.40. The third-order valence-electron chi connectivity index (χ3n) is 3.74. The molecule has 116 valence electrons. The molecular formula is C15H16ClN3O3. The number of hydrogen-bond acceptors (Lipinski definition) is 5. The van der Waals surface area contributed by atoms with Crippen LogP contribution in [-0.4, -0.2) is 34.7 Å². The van der Waals surface area contributed by atoms with Crippen molar-refractivity contribution in [3.63, 3.8) is 0 Å². The number of carbonyl (C=O) groups is 1. The fourth-order valence-electron chi connectivity index (χ4n) is 2.67. The second kappa shape index (κ2) is 5.96. The van der Waals surface area contributed by atoms with Crippen molar-refractivity contribution in [2.45, 2.75) is 25.8 Å². The Labute approximate surface area is 133 Å². The van der Waals surface area contributed by atoms with E-state index in [1.807, 2.05) is 0 Å². The number of benzene rings is 1. The zero-order valence-electron chi connectivity index (χ0n) is 12.4. The van der Waals surface area contributed by atoms with E-state index in [1.54, 1.807) is 30.0 Å². The minimum atomic E-state index is -0.171. The van der Waals surface area contributed by atoms with E-state index in [0.29, 0.717) is 34.7 Å². The van der Waals surface area contributed by atoms with Crippen LogP contribution >= 0.6 is 11.6 Å². The number of ether oxygens (including phenoxy) is 1. The first-order chi connectivity index (χ1) is 10.6. The Bertz CT molecular complexity index is 701. The molecule has 1 aromatic heterocycles. The van der Waals surface area contributed by atoms with Crippen LogP contribution in [-0.2, 0) is 0 Å². The minimum Gasteiger partial charge on any atom is -0.495 e. The molecule has 1 atom stereocenters. The molecule has 1 aliphatic heterocycles. The van der Waals surface area contributed by atoms with Crippen LogP contribution in [0, 0.1) is 6.92 Å². The topological polar surface area (TPSA) is 68.5 Å². The van der Waals surface area contributed by atoms with Crippen LogP contribution in [0.3, 0.4) is 0 Å². The van der Waals surface area contributed by atoms with Gasteiger partial charge in [0.15, 0.2) is 0 Å². The Hall–Kier alpha value is -2.08. The van der Waals surface area contributed by atoms with E-state index < -0.39 is 0 Å². The van der Waals surface area contributed by atoms with Crippen molar-refractivity contribution >= 4 is 17.5 Å². The van der Waals surface area contributed by atoms with Gasteiger partial charge in [0.25, 0.3) is 5.91 Å². The van der Waals surface area contributed by atoms with E-state index in [4.69, 9.17) is 20.8 Å². The van der Waals surface area contributed by atoms with E-state index in [0.717, 1.165) is 12.8 Å². The highest BCUT2D eigenvalue weighted by Crippen LogP contribution is 2.33. The van der Waals surface area contributed by atoms with Crippen LogP contribution in [0.4, 0.5) is 0 Å². The monoisotopic (exact) mass is 321 g/mol. The van der Waals surface area contributed by atoms with Crippen molar-refractivity contribution < 1.29 is 13.9 Å². The number of carbonyl (C=O) groups excluding carboxylic acids is 1. The Morgan fingerprint density at radius 1 is 1.45 bits per heavy atom. The number of aromatic nitrogens is 2. The van der Waals surface area contributed by atoms with E-state index in [2.05, 4.69) is 10.2 Å². The fourth-order valence-corrected chi connectivity index (χ4v) is 2.87. The van der Waals surface area contributed by atoms with Gasteiger partial charge in [-0.1, -0.05) is 11.6 Å². The van der Waals surface area contributed by atoms with Gasteiger partial charge in [-0.3, -0.25) is 4.79 Å².